The monoisotopic (exact) mass is 262 g/mol. The molecule has 4 nitrogen and oxygen atoms in total. The number of hydrogen-bond donors (Lipinski definition) is 1. The van der Waals surface area contributed by atoms with E-state index in [0.29, 0.717) is 13.0 Å². The molecule has 1 aliphatic heterocycles. The van der Waals surface area contributed by atoms with Gasteiger partial charge < -0.3 is 15.4 Å². The van der Waals surface area contributed by atoms with Crippen LogP contribution in [0.5, 0.6) is 5.75 Å². The summed E-state index contributed by atoms with van der Waals surface area (Å²) in [6, 6.07) is 6.24. The summed E-state index contributed by atoms with van der Waals surface area (Å²) >= 11 is 0. The Bertz CT molecular complexity index is 457. The van der Waals surface area contributed by atoms with Crippen molar-refractivity contribution in [1.29, 1.82) is 0 Å². The zero-order valence-electron chi connectivity index (χ0n) is 11.7. The van der Waals surface area contributed by atoms with Crippen LogP contribution in [0.25, 0.3) is 0 Å². The highest BCUT2D eigenvalue weighted by Gasteiger charge is 2.14. The average molecular weight is 262 g/mol. The number of hydrogen-bond acceptors (Lipinski definition) is 3. The molecular formula is C15H22N2O2. The number of nitrogens with two attached hydrogens (primary N) is 1. The van der Waals surface area contributed by atoms with Crippen LogP contribution in [0.15, 0.2) is 18.2 Å². The zero-order chi connectivity index (χ0) is 13.8. The first-order chi connectivity index (χ1) is 9.06. The predicted octanol–water partition coefficient (Wildman–Crippen LogP) is 1.71. The van der Waals surface area contributed by atoms with Crippen molar-refractivity contribution in [2.75, 3.05) is 13.7 Å². The van der Waals surface area contributed by atoms with E-state index in [1.807, 2.05) is 26.1 Å². The first-order valence-electron chi connectivity index (χ1n) is 6.80. The molecule has 1 aliphatic rings. The Hall–Kier alpha value is -1.55. The highest BCUT2D eigenvalue weighted by molar-refractivity contribution is 5.75. The van der Waals surface area contributed by atoms with Crippen molar-refractivity contribution in [3.8, 4) is 5.75 Å². The SMILES string of the molecule is CC(N)CCC(=O)N(C)Cc1ccc2c(c1)CCO2. The molecule has 0 aromatic heterocycles. The molecule has 1 atom stereocenters. The molecule has 2 N–H and O–H groups in total. The van der Waals surface area contributed by atoms with Crippen LogP contribution >= 0.6 is 0 Å². The minimum absolute atomic E-state index is 0.0782. The fraction of sp³-hybridized carbons (Fsp3) is 0.533. The summed E-state index contributed by atoms with van der Waals surface area (Å²) in [6.45, 7) is 3.33. The Labute approximate surface area is 114 Å². The van der Waals surface area contributed by atoms with Gasteiger partial charge in [0.25, 0.3) is 0 Å². The quantitative estimate of drug-likeness (QED) is 0.879. The predicted molar refractivity (Wildman–Crippen MR) is 75.0 cm³/mol. The summed E-state index contributed by atoms with van der Waals surface area (Å²) in [5.41, 5.74) is 8.07. The Morgan fingerprint density at radius 2 is 2.32 bits per heavy atom. The van der Waals surface area contributed by atoms with E-state index in [9.17, 15) is 4.79 Å². The van der Waals surface area contributed by atoms with Crippen molar-refractivity contribution in [3.05, 3.63) is 29.3 Å². The van der Waals surface area contributed by atoms with Crippen molar-refractivity contribution in [2.24, 2.45) is 5.73 Å². The van der Waals surface area contributed by atoms with E-state index in [-0.39, 0.29) is 11.9 Å². The summed E-state index contributed by atoms with van der Waals surface area (Å²) in [5.74, 6) is 1.13. The lowest BCUT2D eigenvalue weighted by Gasteiger charge is -2.18. The van der Waals surface area contributed by atoms with Gasteiger partial charge >= 0.3 is 0 Å². The lowest BCUT2D eigenvalue weighted by Crippen LogP contribution is -2.28. The van der Waals surface area contributed by atoms with Gasteiger partial charge in [-0.25, -0.2) is 0 Å². The molecule has 0 aliphatic carbocycles. The number of rotatable bonds is 5. The van der Waals surface area contributed by atoms with Gasteiger partial charge in [0.1, 0.15) is 5.75 Å². The van der Waals surface area contributed by atoms with E-state index in [0.717, 1.165) is 30.8 Å². The number of carbonyl (C=O) groups is 1. The van der Waals surface area contributed by atoms with Crippen LogP contribution in [0.1, 0.15) is 30.9 Å². The molecule has 0 spiro atoms. The number of ether oxygens (including phenoxy) is 1. The Morgan fingerprint density at radius 3 is 3.05 bits per heavy atom. The molecule has 1 heterocycles. The largest absolute Gasteiger partial charge is 0.493 e. The molecule has 19 heavy (non-hydrogen) atoms. The van der Waals surface area contributed by atoms with Gasteiger partial charge in [0.2, 0.25) is 5.91 Å². The molecule has 1 aromatic rings. The topological polar surface area (TPSA) is 55.6 Å². The molecular weight excluding hydrogens is 240 g/mol. The molecule has 0 fully saturated rings. The third kappa shape index (κ3) is 3.70. The van der Waals surface area contributed by atoms with Gasteiger partial charge in [-0.3, -0.25) is 4.79 Å². The van der Waals surface area contributed by atoms with Crippen LogP contribution in [-0.2, 0) is 17.8 Å². The summed E-state index contributed by atoms with van der Waals surface area (Å²) < 4.78 is 5.48. The molecule has 4 heteroatoms. The lowest BCUT2D eigenvalue weighted by atomic mass is 10.1. The molecule has 1 unspecified atom stereocenters. The molecule has 104 valence electrons. The van der Waals surface area contributed by atoms with E-state index >= 15 is 0 Å². The molecule has 0 bridgehead atoms. The van der Waals surface area contributed by atoms with Gasteiger partial charge in [0.15, 0.2) is 0 Å². The third-order valence-electron chi connectivity index (χ3n) is 3.41. The normalized spacial score (nSPS) is 14.7. The summed E-state index contributed by atoms with van der Waals surface area (Å²) in [7, 11) is 1.84. The fourth-order valence-corrected chi connectivity index (χ4v) is 2.24. The maximum atomic E-state index is 11.9. The van der Waals surface area contributed by atoms with Crippen LogP contribution in [0, 0.1) is 0 Å². The molecule has 0 radical (unpaired) electrons. The summed E-state index contributed by atoms with van der Waals surface area (Å²) in [4.78, 5) is 13.7. The van der Waals surface area contributed by atoms with Crippen molar-refractivity contribution in [2.45, 2.75) is 38.8 Å². The highest BCUT2D eigenvalue weighted by atomic mass is 16.5. The summed E-state index contributed by atoms with van der Waals surface area (Å²) in [6.07, 6.45) is 2.22. The Kier molecular flexibility index (Phi) is 4.43. The maximum absolute atomic E-state index is 11.9. The fourth-order valence-electron chi connectivity index (χ4n) is 2.24. The molecule has 2 rings (SSSR count). The van der Waals surface area contributed by atoms with Gasteiger partial charge in [-0.1, -0.05) is 12.1 Å². The second kappa shape index (κ2) is 6.06. The Balaban J connectivity index is 1.91. The Morgan fingerprint density at radius 1 is 1.53 bits per heavy atom. The van der Waals surface area contributed by atoms with Crippen molar-refractivity contribution >= 4 is 5.91 Å². The molecule has 0 saturated heterocycles. The van der Waals surface area contributed by atoms with E-state index < -0.39 is 0 Å². The number of carbonyl (C=O) groups excluding carboxylic acids is 1. The highest BCUT2D eigenvalue weighted by Crippen LogP contribution is 2.26. The van der Waals surface area contributed by atoms with Crippen LogP contribution < -0.4 is 10.5 Å². The first-order valence-corrected chi connectivity index (χ1v) is 6.80. The minimum atomic E-state index is 0.0782. The van der Waals surface area contributed by atoms with Gasteiger partial charge in [-0.05, 0) is 30.5 Å². The van der Waals surface area contributed by atoms with E-state index in [1.54, 1.807) is 4.90 Å². The number of fused-ring (bicyclic) bond motifs is 1. The van der Waals surface area contributed by atoms with Gasteiger partial charge in [0.05, 0.1) is 6.61 Å². The third-order valence-corrected chi connectivity index (χ3v) is 3.41. The van der Waals surface area contributed by atoms with Crippen molar-refractivity contribution in [1.82, 2.24) is 4.90 Å². The van der Waals surface area contributed by atoms with Crippen LogP contribution in [0.4, 0.5) is 0 Å². The van der Waals surface area contributed by atoms with Gasteiger partial charge in [-0.2, -0.15) is 0 Å². The van der Waals surface area contributed by atoms with E-state index in [2.05, 4.69) is 6.07 Å². The van der Waals surface area contributed by atoms with Crippen LogP contribution in [0.2, 0.25) is 0 Å². The summed E-state index contributed by atoms with van der Waals surface area (Å²) in [5, 5.41) is 0. The number of benzene rings is 1. The van der Waals surface area contributed by atoms with Crippen LogP contribution in [-0.4, -0.2) is 30.5 Å². The number of amides is 1. The second-order valence-electron chi connectivity index (χ2n) is 5.31. The maximum Gasteiger partial charge on any atom is 0.222 e. The molecule has 1 amide bonds. The zero-order valence-corrected chi connectivity index (χ0v) is 11.7. The van der Waals surface area contributed by atoms with Gasteiger partial charge in [0, 0.05) is 32.5 Å². The smallest absolute Gasteiger partial charge is 0.222 e. The lowest BCUT2D eigenvalue weighted by molar-refractivity contribution is -0.130. The van der Waals surface area contributed by atoms with Crippen LogP contribution in [0.3, 0.4) is 0 Å². The minimum Gasteiger partial charge on any atom is -0.493 e. The standard InChI is InChI=1S/C15H22N2O2/c1-11(16)3-6-15(18)17(2)10-12-4-5-14-13(9-12)7-8-19-14/h4-5,9,11H,3,6-8,10,16H2,1-2H3. The van der Waals surface area contributed by atoms with Crippen molar-refractivity contribution < 1.29 is 9.53 Å². The average Bonchev–Trinajstić information content (AvgIpc) is 2.83. The first kappa shape index (κ1) is 13.9. The van der Waals surface area contributed by atoms with E-state index in [4.69, 9.17) is 10.5 Å². The van der Waals surface area contributed by atoms with E-state index in [1.165, 1.54) is 5.56 Å². The van der Waals surface area contributed by atoms with Gasteiger partial charge in [-0.15, -0.1) is 0 Å². The molecule has 0 saturated carbocycles. The second-order valence-corrected chi connectivity index (χ2v) is 5.31. The van der Waals surface area contributed by atoms with Crippen molar-refractivity contribution in [3.63, 3.8) is 0 Å². The number of nitrogens with zero attached hydrogens (tertiary/aromatic N) is 1. The molecule has 1 aromatic carbocycles.